The fourth-order valence-electron chi connectivity index (χ4n) is 9.85. The number of rotatable bonds is 21. The van der Waals surface area contributed by atoms with Crippen LogP contribution in [0.25, 0.3) is 0 Å². The molecule has 0 saturated carbocycles. The summed E-state index contributed by atoms with van der Waals surface area (Å²) in [5.74, 6) is 0. The number of phosphoric ester groups is 1. The fraction of sp³-hybridized carbons (Fsp3) is 1.00. The normalized spacial score (nSPS) is 51.7. The van der Waals surface area contributed by atoms with Crippen LogP contribution in [0.3, 0.4) is 0 Å². The van der Waals surface area contributed by atoms with E-state index in [2.05, 4.69) is 4.52 Å². The SMILES string of the molecule is N[C@H]1C(O)O[C@H](CO)[C@@H](O[C@H]2O[C@H](CO[C@H]3O[C@H](CO)[C@@H](O)[C@H](O)[C@@H]3O[C@H]3O[C@H](CO[C@H]4O[C@H](CO)[C@H](O)[C@H](O)[C@H]4O)[C@H](O)[C@H](O)[C@H]3O)[C@@H](O)[C@H](O[C@H]3O[C@H](CO[C@H]4O[C@H](COP(=O)(O)O)[C@@H](O)[C@H](O)[C@@H]4O)[C@@H](O)[C@H](O)[C@@H]3O)[C@@H]2O)[C@@H]1O. The van der Waals surface area contributed by atoms with Crippen molar-refractivity contribution in [3.8, 4) is 0 Å². The molecule has 25 N–H and O–H groups in total. The van der Waals surface area contributed by atoms with Gasteiger partial charge < -0.3 is 184 Å². The lowest BCUT2D eigenvalue weighted by Gasteiger charge is -2.49. The maximum absolute atomic E-state index is 11.9. The minimum absolute atomic E-state index is 0.840. The van der Waals surface area contributed by atoms with Crippen LogP contribution in [-0.4, -0.2) is 378 Å². The van der Waals surface area contributed by atoms with Crippen LogP contribution < -0.4 is 5.73 Å². The van der Waals surface area contributed by atoms with Gasteiger partial charge in [-0.15, -0.1) is 0 Å². The van der Waals surface area contributed by atoms with Crippen molar-refractivity contribution in [2.45, 2.75) is 215 Å². The van der Waals surface area contributed by atoms with Gasteiger partial charge in [0.05, 0.1) is 52.3 Å². The molecule has 39 nitrogen and oxygen atoms in total. The Kier molecular flexibility index (Phi) is 24.0. The number of hydrogen-bond acceptors (Lipinski definition) is 37. The van der Waals surface area contributed by atoms with E-state index in [0.29, 0.717) is 0 Å². The van der Waals surface area contributed by atoms with Crippen LogP contribution >= 0.6 is 7.82 Å². The van der Waals surface area contributed by atoms with E-state index in [0.717, 1.165) is 0 Å². The van der Waals surface area contributed by atoms with Gasteiger partial charge in [0, 0.05) is 0 Å². The molecule has 7 saturated heterocycles. The van der Waals surface area contributed by atoms with E-state index in [4.69, 9.17) is 77.1 Å². The second-order valence-corrected chi connectivity index (χ2v) is 21.6. The third-order valence-corrected chi connectivity index (χ3v) is 15.3. The predicted octanol–water partition coefficient (Wildman–Crippen LogP) is -16.2. The van der Waals surface area contributed by atoms with Gasteiger partial charge in [-0.2, -0.15) is 0 Å². The third kappa shape index (κ3) is 15.1. The van der Waals surface area contributed by atoms with Crippen LogP contribution in [0.2, 0.25) is 0 Å². The molecule has 480 valence electrons. The Morgan fingerprint density at radius 3 is 1.10 bits per heavy atom. The molecule has 0 bridgehead atoms. The van der Waals surface area contributed by atoms with Crippen LogP contribution in [0.5, 0.6) is 0 Å². The smallest absolute Gasteiger partial charge is 0.394 e. The summed E-state index contributed by atoms with van der Waals surface area (Å²) < 4.78 is 88.5. The summed E-state index contributed by atoms with van der Waals surface area (Å²) in [5.41, 5.74) is 5.87. The molecule has 1 unspecified atom stereocenters. The minimum Gasteiger partial charge on any atom is -0.394 e. The van der Waals surface area contributed by atoms with E-state index in [-0.39, 0.29) is 0 Å². The van der Waals surface area contributed by atoms with Gasteiger partial charge in [0.15, 0.2) is 44.0 Å². The molecule has 0 aromatic heterocycles. The Morgan fingerprint density at radius 1 is 0.317 bits per heavy atom. The average molecular weight is 1230 g/mol. The lowest BCUT2D eigenvalue weighted by molar-refractivity contribution is -0.388. The van der Waals surface area contributed by atoms with E-state index in [1.54, 1.807) is 0 Å². The van der Waals surface area contributed by atoms with Crippen molar-refractivity contribution in [2.24, 2.45) is 5.73 Å². The molecular weight excluding hydrogens is 1160 g/mol. The summed E-state index contributed by atoms with van der Waals surface area (Å²) in [5, 5.41) is 225. The summed E-state index contributed by atoms with van der Waals surface area (Å²) in [7, 11) is -5.16. The minimum atomic E-state index is -5.16. The molecule has 7 fully saturated rings. The molecule has 82 heavy (non-hydrogen) atoms. The molecule has 0 aromatic carbocycles. The van der Waals surface area contributed by atoms with Crippen molar-refractivity contribution in [1.29, 1.82) is 0 Å². The largest absolute Gasteiger partial charge is 0.469 e. The Balaban J connectivity index is 1.10. The van der Waals surface area contributed by atoms with Crippen LogP contribution in [0.4, 0.5) is 0 Å². The number of aliphatic hydroxyl groups excluding tert-OH is 21. The summed E-state index contributed by atoms with van der Waals surface area (Å²) in [4.78, 5) is 18.2. The van der Waals surface area contributed by atoms with Crippen LogP contribution in [0.1, 0.15) is 0 Å². The van der Waals surface area contributed by atoms with E-state index in [1.807, 2.05) is 0 Å². The van der Waals surface area contributed by atoms with Gasteiger partial charge in [0.1, 0.15) is 165 Å². The topological polar surface area (TPSA) is 638 Å². The summed E-state index contributed by atoms with van der Waals surface area (Å²) in [6.45, 7) is -6.73. The zero-order valence-corrected chi connectivity index (χ0v) is 43.5. The monoisotopic (exact) mass is 1230 g/mol. The standard InChI is InChI=1S/C42H74NO38P/c43-15-22(53)33(10(3-46)72-36(15)64)79-41-32(63)34(80-39-30(61)25(56)18(49)11(76-39)5-69-38-29(60)24(55)20(51)14(75-38)7-71-82(65,66)67)21(52)13(78-41)6-70-42-35(27(58)17(48)9(2-45)74-42)81-40-31(62)26(57)19(50)12(77-40)4-68-37-28(59)23(54)16(47)8(1-44)73-37/h8-42,44-64H,1-7,43H2,(H2,65,66,67)/t8-,9-,10-,11-,12-,13-,14-,15-,16+,17-,18-,19+,20-,21-,22-,23+,24+,25+,26+,27+,28-,29+,30+,31-,32+,33-,34+,35+,36?,37+,38+,39-,40-,41-,42+/m1/s1. The molecule has 7 rings (SSSR count). The summed E-state index contributed by atoms with van der Waals surface area (Å²) in [6, 6.07) is -1.63. The van der Waals surface area contributed by atoms with Crippen molar-refractivity contribution in [2.75, 3.05) is 46.2 Å². The van der Waals surface area contributed by atoms with E-state index in [1.165, 1.54) is 0 Å². The molecule has 7 aliphatic heterocycles. The molecule has 35 atom stereocenters. The first-order chi connectivity index (χ1) is 38.5. The number of phosphoric acid groups is 1. The Bertz CT molecular complexity index is 2010. The molecule has 0 radical (unpaired) electrons. The molecule has 0 spiro atoms. The highest BCUT2D eigenvalue weighted by Crippen LogP contribution is 2.39. The second kappa shape index (κ2) is 28.9. The van der Waals surface area contributed by atoms with Crippen LogP contribution in [-0.2, 0) is 70.7 Å². The molecule has 0 aliphatic carbocycles. The van der Waals surface area contributed by atoms with E-state index in [9.17, 15) is 112 Å². The first kappa shape index (κ1) is 68.2. The molecular formula is C42H74NO38P. The van der Waals surface area contributed by atoms with Gasteiger partial charge in [-0.3, -0.25) is 4.52 Å². The van der Waals surface area contributed by atoms with Crippen molar-refractivity contribution < 1.29 is 188 Å². The summed E-state index contributed by atoms with van der Waals surface area (Å²) >= 11 is 0. The highest BCUT2D eigenvalue weighted by Gasteiger charge is 2.57. The molecule has 0 amide bonds. The summed E-state index contributed by atoms with van der Waals surface area (Å²) in [6.07, 6.45) is -67.8. The zero-order valence-electron chi connectivity index (χ0n) is 42.6. The van der Waals surface area contributed by atoms with Crippen molar-refractivity contribution >= 4 is 7.82 Å². The van der Waals surface area contributed by atoms with Crippen LogP contribution in [0.15, 0.2) is 0 Å². The molecule has 7 aliphatic rings. The number of ether oxygens (including phenoxy) is 13. The Morgan fingerprint density at radius 2 is 0.646 bits per heavy atom. The quantitative estimate of drug-likeness (QED) is 0.0475. The van der Waals surface area contributed by atoms with Gasteiger partial charge >= 0.3 is 7.82 Å². The number of aliphatic hydroxyl groups is 21. The van der Waals surface area contributed by atoms with E-state index >= 15 is 0 Å². The van der Waals surface area contributed by atoms with E-state index < -0.39 is 269 Å². The lowest BCUT2D eigenvalue weighted by Crippen LogP contribution is -2.68. The highest BCUT2D eigenvalue weighted by atomic mass is 31.2. The molecule has 7 heterocycles. The zero-order chi connectivity index (χ0) is 60.6. The van der Waals surface area contributed by atoms with Gasteiger partial charge in [0.25, 0.3) is 0 Å². The fourth-order valence-corrected chi connectivity index (χ4v) is 10.2. The van der Waals surface area contributed by atoms with Crippen molar-refractivity contribution in [3.63, 3.8) is 0 Å². The Labute approximate surface area is 461 Å². The van der Waals surface area contributed by atoms with Crippen molar-refractivity contribution in [1.82, 2.24) is 0 Å². The Hall–Kier alpha value is -1.29. The number of hydrogen-bond donors (Lipinski definition) is 24. The lowest BCUT2D eigenvalue weighted by atomic mass is 9.95. The molecule has 0 aromatic rings. The maximum atomic E-state index is 11.9. The van der Waals surface area contributed by atoms with Gasteiger partial charge in [-0.05, 0) is 0 Å². The van der Waals surface area contributed by atoms with Crippen molar-refractivity contribution in [3.05, 3.63) is 0 Å². The predicted molar refractivity (Wildman–Crippen MR) is 245 cm³/mol. The molecule has 40 heteroatoms. The number of nitrogens with two attached hydrogens (primary N) is 1. The third-order valence-electron chi connectivity index (χ3n) is 14.8. The highest BCUT2D eigenvalue weighted by molar-refractivity contribution is 7.46. The van der Waals surface area contributed by atoms with Gasteiger partial charge in [0.2, 0.25) is 0 Å². The van der Waals surface area contributed by atoms with Crippen LogP contribution in [0, 0.1) is 0 Å². The van der Waals surface area contributed by atoms with Gasteiger partial charge in [-0.1, -0.05) is 0 Å². The first-order valence-corrected chi connectivity index (χ1v) is 27.0. The van der Waals surface area contributed by atoms with Gasteiger partial charge in [-0.25, -0.2) is 4.57 Å². The second-order valence-electron chi connectivity index (χ2n) is 20.4. The average Bonchev–Trinajstić information content (AvgIpc) is 3.24. The maximum Gasteiger partial charge on any atom is 0.469 e. The first-order valence-electron chi connectivity index (χ1n) is 25.5.